The molecule has 1 aromatic carbocycles. The van der Waals surface area contributed by atoms with Gasteiger partial charge in [0.1, 0.15) is 23.8 Å². The lowest BCUT2D eigenvalue weighted by molar-refractivity contribution is -0.0655. The summed E-state index contributed by atoms with van der Waals surface area (Å²) in [4.78, 5) is 62.3. The van der Waals surface area contributed by atoms with Crippen molar-refractivity contribution in [1.82, 2.24) is 14.8 Å². The number of carbonyl (C=O) groups is 3. The topological polar surface area (TPSA) is 193 Å². The Morgan fingerprint density at radius 1 is 0.883 bits per heavy atom. The molecular weight excluding hydrogens is 798 g/mol. The number of methoxy groups -OCH3 is 1. The van der Waals surface area contributed by atoms with Gasteiger partial charge < -0.3 is 62.3 Å². The average molecular weight is 853 g/mol. The minimum Gasteiger partial charge on any atom is -0.432 e. The number of nitrogens with one attached hydrogen (secondary N) is 1. The van der Waals surface area contributed by atoms with E-state index in [4.69, 9.17) is 47.5 Å². The number of hydrogen-bond acceptors (Lipinski definition) is 15. The van der Waals surface area contributed by atoms with Crippen LogP contribution in [0.4, 0.5) is 13.6 Å². The van der Waals surface area contributed by atoms with Crippen LogP contribution >= 0.6 is 0 Å². The van der Waals surface area contributed by atoms with Crippen molar-refractivity contribution in [2.24, 2.45) is 5.16 Å². The number of aromatic nitrogens is 1. The monoisotopic (exact) mass is 852 g/mol. The van der Waals surface area contributed by atoms with Gasteiger partial charge in [-0.1, -0.05) is 11.2 Å². The van der Waals surface area contributed by atoms with Gasteiger partial charge in [-0.15, -0.1) is 0 Å². The van der Waals surface area contributed by atoms with Gasteiger partial charge >= 0.3 is 6.16 Å². The number of rotatable bonds is 25. The zero-order valence-corrected chi connectivity index (χ0v) is 34.2. The number of benzene rings is 1. The molecule has 18 nitrogen and oxygen atoms in total. The highest BCUT2D eigenvalue weighted by Gasteiger charge is 2.54. The second-order valence-electron chi connectivity index (χ2n) is 14.3. The SMILES string of the molecule is COCCOCCOCCOCCOCCOCCOCCOC(=O)Oc1c2n(cc(C(=O)NCc3ccc(F)cc3F)c1=O)[C@@H]1CN(C2=O)[C@@H](C)CC[C@]12CC(C)=NO2. The van der Waals surface area contributed by atoms with Crippen molar-refractivity contribution in [2.45, 2.75) is 57.3 Å². The maximum absolute atomic E-state index is 14.4. The van der Waals surface area contributed by atoms with Crippen LogP contribution in [0.25, 0.3) is 0 Å². The van der Waals surface area contributed by atoms with Gasteiger partial charge in [0.05, 0.1) is 97.6 Å². The molecule has 4 heterocycles. The zero-order chi connectivity index (χ0) is 42.9. The average Bonchev–Trinajstić information content (AvgIpc) is 3.56. The van der Waals surface area contributed by atoms with Crippen molar-refractivity contribution in [3.8, 4) is 5.75 Å². The third-order valence-electron chi connectivity index (χ3n) is 10.0. The molecule has 332 valence electrons. The van der Waals surface area contributed by atoms with Crippen LogP contribution in [0.3, 0.4) is 0 Å². The maximum atomic E-state index is 14.4. The molecule has 3 aliphatic rings. The lowest BCUT2D eigenvalue weighted by atomic mass is 9.84. The minimum atomic E-state index is -1.31. The van der Waals surface area contributed by atoms with Crippen LogP contribution in [0.2, 0.25) is 0 Å². The standard InChI is InChI=1S/C40H54F2N4O14/c1-27-23-40(60-44-27)7-6-28(2)45-26-33(40)46-25-31(37(48)43-24-29-4-5-30(41)22-32(29)42)35(47)36(34(46)38(45)49)59-39(50)58-21-20-57-19-18-56-17-16-55-15-14-54-13-12-53-11-10-52-9-8-51-3/h4-5,22,25,28,33H,6-21,23-24,26H2,1-3H3,(H,43,48)/t28-,33+,40-/m0/s1. The third-order valence-corrected chi connectivity index (χ3v) is 10.0. The Morgan fingerprint density at radius 3 is 2.02 bits per heavy atom. The number of fused-ring (bicyclic) bond motifs is 5. The van der Waals surface area contributed by atoms with E-state index in [2.05, 4.69) is 10.5 Å². The molecule has 0 aliphatic carbocycles. The number of oxime groups is 1. The summed E-state index contributed by atoms with van der Waals surface area (Å²) < 4.78 is 77.4. The van der Waals surface area contributed by atoms with Crippen LogP contribution < -0.4 is 15.5 Å². The lowest BCUT2D eigenvalue weighted by Gasteiger charge is -2.42. The predicted molar refractivity (Wildman–Crippen MR) is 207 cm³/mol. The summed E-state index contributed by atoms with van der Waals surface area (Å²) in [5, 5.41) is 6.66. The van der Waals surface area contributed by atoms with Crippen molar-refractivity contribution >= 4 is 23.7 Å². The zero-order valence-electron chi connectivity index (χ0n) is 34.2. The fraction of sp³-hybridized carbons (Fsp3) is 0.625. The number of amides is 2. The molecule has 1 saturated heterocycles. The largest absolute Gasteiger partial charge is 0.514 e. The van der Waals surface area contributed by atoms with Gasteiger partial charge in [0.15, 0.2) is 11.3 Å². The van der Waals surface area contributed by atoms with Crippen LogP contribution in [-0.2, 0) is 49.3 Å². The highest BCUT2D eigenvalue weighted by atomic mass is 19.1. The van der Waals surface area contributed by atoms with E-state index in [1.54, 1.807) is 12.0 Å². The summed E-state index contributed by atoms with van der Waals surface area (Å²) in [7, 11) is 1.62. The second kappa shape index (κ2) is 23.4. The number of hydrogen-bond donors (Lipinski definition) is 1. The van der Waals surface area contributed by atoms with E-state index < -0.39 is 64.5 Å². The fourth-order valence-electron chi connectivity index (χ4n) is 6.94. The Bertz CT molecular complexity index is 1850. The minimum absolute atomic E-state index is 0.0349. The van der Waals surface area contributed by atoms with Gasteiger partial charge in [-0.25, -0.2) is 13.6 Å². The Balaban J connectivity index is 1.10. The highest BCUT2D eigenvalue weighted by molar-refractivity contribution is 6.00. The number of halogens is 2. The van der Waals surface area contributed by atoms with Crippen LogP contribution in [0.15, 0.2) is 34.3 Å². The molecule has 1 N–H and O–H groups in total. The number of ether oxygens (including phenoxy) is 9. The molecule has 20 heteroatoms. The summed E-state index contributed by atoms with van der Waals surface area (Å²) in [6.07, 6.45) is 1.38. The molecule has 0 saturated carbocycles. The van der Waals surface area contributed by atoms with Crippen molar-refractivity contribution < 1.29 is 70.6 Å². The molecule has 5 rings (SSSR count). The molecule has 1 aromatic heterocycles. The maximum Gasteiger partial charge on any atom is 0.514 e. The molecule has 2 amide bonds. The molecule has 1 fully saturated rings. The molecular formula is C40H54F2N4O14. The van der Waals surface area contributed by atoms with Gasteiger partial charge in [-0.3, -0.25) is 14.4 Å². The van der Waals surface area contributed by atoms with Crippen molar-refractivity contribution in [3.05, 3.63) is 63.1 Å². The van der Waals surface area contributed by atoms with Crippen molar-refractivity contribution in [2.75, 3.05) is 106 Å². The second-order valence-corrected chi connectivity index (χ2v) is 14.3. The van der Waals surface area contributed by atoms with E-state index in [1.165, 1.54) is 10.8 Å². The molecule has 0 unspecified atom stereocenters. The first-order chi connectivity index (χ1) is 29.0. The van der Waals surface area contributed by atoms with Gasteiger partial charge in [0.25, 0.3) is 11.8 Å². The Hall–Kier alpha value is -4.57. The molecule has 3 aliphatic heterocycles. The Kier molecular flexibility index (Phi) is 18.2. The lowest BCUT2D eigenvalue weighted by Crippen LogP contribution is -2.52. The molecule has 2 bridgehead atoms. The summed E-state index contributed by atoms with van der Waals surface area (Å²) >= 11 is 0. The summed E-state index contributed by atoms with van der Waals surface area (Å²) in [5.74, 6) is -3.95. The van der Waals surface area contributed by atoms with Gasteiger partial charge in [0.2, 0.25) is 11.2 Å². The quantitative estimate of drug-likeness (QED) is 0.113. The summed E-state index contributed by atoms with van der Waals surface area (Å²) in [6, 6.07) is 1.95. The molecule has 1 spiro atoms. The van der Waals surface area contributed by atoms with E-state index in [0.29, 0.717) is 91.4 Å². The van der Waals surface area contributed by atoms with E-state index in [-0.39, 0.29) is 50.3 Å². The van der Waals surface area contributed by atoms with Crippen LogP contribution in [0.1, 0.15) is 65.6 Å². The number of nitrogens with zero attached hydrogens (tertiary/aromatic N) is 3. The first-order valence-electron chi connectivity index (χ1n) is 19.9. The highest BCUT2D eigenvalue weighted by Crippen LogP contribution is 2.46. The van der Waals surface area contributed by atoms with Gasteiger partial charge in [0, 0.05) is 50.5 Å². The van der Waals surface area contributed by atoms with E-state index in [0.717, 1.165) is 17.8 Å². The van der Waals surface area contributed by atoms with E-state index in [9.17, 15) is 28.0 Å². The molecule has 0 radical (unpaired) electrons. The van der Waals surface area contributed by atoms with E-state index in [1.807, 2.05) is 13.8 Å². The fourth-order valence-corrected chi connectivity index (χ4v) is 6.94. The molecule has 60 heavy (non-hydrogen) atoms. The number of pyridine rings is 1. The Morgan fingerprint density at radius 2 is 1.47 bits per heavy atom. The Labute approximate surface area is 346 Å². The molecule has 3 atom stereocenters. The van der Waals surface area contributed by atoms with Gasteiger partial charge in [-0.2, -0.15) is 0 Å². The van der Waals surface area contributed by atoms with Crippen molar-refractivity contribution in [3.63, 3.8) is 0 Å². The number of carbonyl (C=O) groups excluding carboxylic acids is 3. The summed E-state index contributed by atoms with van der Waals surface area (Å²) in [5.41, 5.74) is -2.07. The van der Waals surface area contributed by atoms with Crippen LogP contribution in [0, 0.1) is 11.6 Å². The smallest absolute Gasteiger partial charge is 0.432 e. The van der Waals surface area contributed by atoms with E-state index >= 15 is 0 Å². The molecule has 2 aromatic rings. The summed E-state index contributed by atoms with van der Waals surface area (Å²) in [6.45, 7) is 8.04. The van der Waals surface area contributed by atoms with Crippen LogP contribution in [-0.4, -0.2) is 151 Å². The van der Waals surface area contributed by atoms with Crippen molar-refractivity contribution in [1.29, 1.82) is 0 Å². The predicted octanol–water partition coefficient (Wildman–Crippen LogP) is 3.03. The first-order valence-corrected chi connectivity index (χ1v) is 19.9. The van der Waals surface area contributed by atoms with Crippen LogP contribution in [0.5, 0.6) is 5.75 Å². The first kappa shape index (κ1) is 46.5. The third kappa shape index (κ3) is 12.7. The normalized spacial score (nSPS) is 19.4. The van der Waals surface area contributed by atoms with Gasteiger partial charge in [-0.05, 0) is 32.8 Å².